The number of benzene rings is 1. The van der Waals surface area contributed by atoms with Crippen LogP contribution in [0.5, 0.6) is 0 Å². The van der Waals surface area contributed by atoms with Gasteiger partial charge in [-0.15, -0.1) is 0 Å². The molecule has 0 aliphatic carbocycles. The second-order valence-corrected chi connectivity index (χ2v) is 4.86. The number of nitrogens with one attached hydrogen (secondary N) is 1. The molecule has 0 saturated heterocycles. The fourth-order valence-corrected chi connectivity index (χ4v) is 2.19. The van der Waals surface area contributed by atoms with Gasteiger partial charge >= 0.3 is 0 Å². The molecule has 1 aromatic carbocycles. The molecule has 0 radical (unpaired) electrons. The normalized spacial score (nSPS) is 13.3. The summed E-state index contributed by atoms with van der Waals surface area (Å²) in [6.45, 7) is 1.53. The summed E-state index contributed by atoms with van der Waals surface area (Å²) in [6.07, 6.45) is 0.609. The molecule has 6 heteroatoms. The molecular weight excluding hydrogens is 272 g/mol. The maximum absolute atomic E-state index is 12.1. The molecule has 21 heavy (non-hydrogen) atoms. The van der Waals surface area contributed by atoms with Crippen LogP contribution in [0.25, 0.3) is 0 Å². The number of amides is 3. The van der Waals surface area contributed by atoms with Gasteiger partial charge in [-0.05, 0) is 18.6 Å². The summed E-state index contributed by atoms with van der Waals surface area (Å²) in [4.78, 5) is 47.5. The van der Waals surface area contributed by atoms with Gasteiger partial charge < -0.3 is 5.32 Å². The fraction of sp³-hybridized carbons (Fsp3) is 0.333. The molecule has 1 aromatic rings. The smallest absolute Gasteiger partial charge is 0.261 e. The van der Waals surface area contributed by atoms with Crippen LogP contribution in [-0.2, 0) is 9.59 Å². The molecule has 0 saturated carbocycles. The number of Topliss-reactive ketones (excluding diaryl/α,β-unsaturated/α-hetero) is 1. The molecule has 0 bridgehead atoms. The van der Waals surface area contributed by atoms with E-state index in [0.29, 0.717) is 17.5 Å². The maximum Gasteiger partial charge on any atom is 0.261 e. The summed E-state index contributed by atoms with van der Waals surface area (Å²) in [7, 11) is 0. The highest BCUT2D eigenvalue weighted by Crippen LogP contribution is 2.22. The van der Waals surface area contributed by atoms with E-state index in [-0.39, 0.29) is 43.0 Å². The van der Waals surface area contributed by atoms with Gasteiger partial charge in [0.1, 0.15) is 0 Å². The standard InChI is InChI=1S/C15H16N2O4/c1-10(18)16-9-11(19)5-4-8-17-14(20)12-6-2-3-7-13(12)15(17)21/h2-3,6-7H,4-5,8-9H2,1H3,(H,16,18). The SMILES string of the molecule is CC(=O)NCC(=O)CCCN1C(=O)c2ccccc2C1=O. The van der Waals surface area contributed by atoms with Crippen molar-refractivity contribution >= 4 is 23.5 Å². The third kappa shape index (κ3) is 3.34. The van der Waals surface area contributed by atoms with E-state index in [9.17, 15) is 19.2 Å². The number of carbonyl (C=O) groups excluding carboxylic acids is 4. The van der Waals surface area contributed by atoms with Gasteiger partial charge in [0.15, 0.2) is 5.78 Å². The number of rotatable bonds is 6. The largest absolute Gasteiger partial charge is 0.349 e. The number of ketones is 1. The summed E-state index contributed by atoms with van der Waals surface area (Å²) in [5.74, 6) is -1.01. The van der Waals surface area contributed by atoms with E-state index < -0.39 is 0 Å². The summed E-state index contributed by atoms with van der Waals surface area (Å²) in [6, 6.07) is 6.67. The second-order valence-electron chi connectivity index (χ2n) is 4.86. The summed E-state index contributed by atoms with van der Waals surface area (Å²) in [5, 5.41) is 2.42. The molecule has 0 aromatic heterocycles. The quantitative estimate of drug-likeness (QED) is 0.784. The van der Waals surface area contributed by atoms with Crippen molar-refractivity contribution in [3.05, 3.63) is 35.4 Å². The van der Waals surface area contributed by atoms with Crippen LogP contribution in [0.4, 0.5) is 0 Å². The van der Waals surface area contributed by atoms with E-state index in [1.165, 1.54) is 6.92 Å². The lowest BCUT2D eigenvalue weighted by Gasteiger charge is -2.13. The number of hydrogen-bond acceptors (Lipinski definition) is 4. The molecule has 0 fully saturated rings. The highest BCUT2D eigenvalue weighted by Gasteiger charge is 2.34. The van der Waals surface area contributed by atoms with E-state index in [4.69, 9.17) is 0 Å². The first-order valence-electron chi connectivity index (χ1n) is 6.72. The van der Waals surface area contributed by atoms with E-state index in [1.54, 1.807) is 24.3 Å². The van der Waals surface area contributed by atoms with Gasteiger partial charge in [-0.3, -0.25) is 24.1 Å². The van der Waals surface area contributed by atoms with E-state index in [2.05, 4.69) is 5.32 Å². The predicted molar refractivity (Wildman–Crippen MR) is 74.7 cm³/mol. The first-order chi connectivity index (χ1) is 10.0. The van der Waals surface area contributed by atoms with Crippen LogP contribution in [0, 0.1) is 0 Å². The second kappa shape index (κ2) is 6.30. The molecule has 110 valence electrons. The molecule has 3 amide bonds. The highest BCUT2D eigenvalue weighted by molar-refractivity contribution is 6.21. The lowest BCUT2D eigenvalue weighted by Crippen LogP contribution is -2.32. The number of nitrogens with zero attached hydrogens (tertiary/aromatic N) is 1. The van der Waals surface area contributed by atoms with E-state index in [1.807, 2.05) is 0 Å². The number of carbonyl (C=O) groups is 4. The van der Waals surface area contributed by atoms with Crippen LogP contribution >= 0.6 is 0 Å². The minimum absolute atomic E-state index is 0.0164. The number of hydrogen-bond donors (Lipinski definition) is 1. The minimum Gasteiger partial charge on any atom is -0.349 e. The molecule has 1 N–H and O–H groups in total. The van der Waals surface area contributed by atoms with Crippen molar-refractivity contribution in [3.63, 3.8) is 0 Å². The topological polar surface area (TPSA) is 83.6 Å². The Morgan fingerprint density at radius 3 is 2.19 bits per heavy atom. The molecule has 1 aliphatic rings. The van der Waals surface area contributed by atoms with Crippen LogP contribution in [0.1, 0.15) is 40.5 Å². The minimum atomic E-state index is -0.315. The zero-order valence-electron chi connectivity index (χ0n) is 11.7. The Kier molecular flexibility index (Phi) is 4.47. The van der Waals surface area contributed by atoms with Crippen molar-refractivity contribution in [2.75, 3.05) is 13.1 Å². The first-order valence-corrected chi connectivity index (χ1v) is 6.72. The average Bonchev–Trinajstić information content (AvgIpc) is 2.70. The van der Waals surface area contributed by atoms with Crippen LogP contribution < -0.4 is 5.32 Å². The average molecular weight is 288 g/mol. The highest BCUT2D eigenvalue weighted by atomic mass is 16.2. The Morgan fingerprint density at radius 2 is 1.67 bits per heavy atom. The van der Waals surface area contributed by atoms with Crippen molar-refractivity contribution < 1.29 is 19.2 Å². The lowest BCUT2D eigenvalue weighted by atomic mass is 10.1. The fourth-order valence-electron chi connectivity index (χ4n) is 2.19. The van der Waals surface area contributed by atoms with E-state index >= 15 is 0 Å². The molecule has 1 heterocycles. The van der Waals surface area contributed by atoms with Crippen LogP contribution in [0.2, 0.25) is 0 Å². The van der Waals surface area contributed by atoms with Gasteiger partial charge in [-0.25, -0.2) is 0 Å². The van der Waals surface area contributed by atoms with Gasteiger partial charge in [0.2, 0.25) is 5.91 Å². The van der Waals surface area contributed by atoms with Crippen LogP contribution in [0.15, 0.2) is 24.3 Å². The van der Waals surface area contributed by atoms with Gasteiger partial charge in [-0.2, -0.15) is 0 Å². The molecular formula is C15H16N2O4. The van der Waals surface area contributed by atoms with Crippen molar-refractivity contribution in [2.24, 2.45) is 0 Å². The van der Waals surface area contributed by atoms with Gasteiger partial charge in [0.25, 0.3) is 11.8 Å². The number of fused-ring (bicyclic) bond motifs is 1. The molecule has 0 atom stereocenters. The van der Waals surface area contributed by atoms with Gasteiger partial charge in [0, 0.05) is 19.9 Å². The van der Waals surface area contributed by atoms with Gasteiger partial charge in [0.05, 0.1) is 17.7 Å². The maximum atomic E-state index is 12.1. The summed E-state index contributed by atoms with van der Waals surface area (Å²) >= 11 is 0. The molecule has 0 spiro atoms. The zero-order valence-corrected chi connectivity index (χ0v) is 11.7. The van der Waals surface area contributed by atoms with Crippen LogP contribution in [0.3, 0.4) is 0 Å². The molecule has 0 unspecified atom stereocenters. The molecule has 2 rings (SSSR count). The Bertz CT molecular complexity index is 574. The first kappa shape index (κ1) is 14.9. The Morgan fingerprint density at radius 1 is 1.10 bits per heavy atom. The number of imide groups is 1. The summed E-state index contributed by atoms with van der Waals surface area (Å²) in [5.41, 5.74) is 0.819. The van der Waals surface area contributed by atoms with Crippen molar-refractivity contribution in [1.29, 1.82) is 0 Å². The third-order valence-corrected chi connectivity index (χ3v) is 3.25. The molecule has 6 nitrogen and oxygen atoms in total. The van der Waals surface area contributed by atoms with E-state index in [0.717, 1.165) is 4.90 Å². The van der Waals surface area contributed by atoms with Gasteiger partial charge in [-0.1, -0.05) is 12.1 Å². The Labute approximate surface area is 122 Å². The predicted octanol–water partition coefficient (Wildman–Crippen LogP) is 0.768. The van der Waals surface area contributed by atoms with Crippen molar-refractivity contribution in [1.82, 2.24) is 10.2 Å². The Balaban J connectivity index is 1.85. The molecule has 1 aliphatic heterocycles. The van der Waals surface area contributed by atoms with Crippen molar-refractivity contribution in [2.45, 2.75) is 19.8 Å². The monoisotopic (exact) mass is 288 g/mol. The van der Waals surface area contributed by atoms with Crippen LogP contribution in [-0.4, -0.2) is 41.5 Å². The third-order valence-electron chi connectivity index (χ3n) is 3.25. The summed E-state index contributed by atoms with van der Waals surface area (Å²) < 4.78 is 0. The van der Waals surface area contributed by atoms with Crippen molar-refractivity contribution in [3.8, 4) is 0 Å². The lowest BCUT2D eigenvalue weighted by molar-refractivity contribution is -0.123. The Hall–Kier alpha value is -2.50. The zero-order chi connectivity index (χ0) is 15.4.